The Labute approximate surface area is 91.8 Å². The van der Waals surface area contributed by atoms with Gasteiger partial charge in [-0.15, -0.1) is 0 Å². The van der Waals surface area contributed by atoms with Crippen LogP contribution in [0.25, 0.3) is 0 Å². The van der Waals surface area contributed by atoms with E-state index in [1.807, 2.05) is 4.89 Å². The highest BCUT2D eigenvalue weighted by Gasteiger charge is 2.18. The summed E-state index contributed by atoms with van der Waals surface area (Å²) in [6, 6.07) is 4.31. The highest BCUT2D eigenvalue weighted by atomic mass is 35.5. The molecule has 0 amide bonds. The van der Waals surface area contributed by atoms with Crippen molar-refractivity contribution in [3.05, 3.63) is 28.2 Å². The molecule has 0 aromatic heterocycles. The monoisotopic (exact) mass is 255 g/mol. The van der Waals surface area contributed by atoms with Gasteiger partial charge in [0.1, 0.15) is 4.90 Å². The number of hydrogen-bond acceptors (Lipinski definition) is 3. The Hall–Kier alpha value is -0.330. The maximum absolute atomic E-state index is 11.4. The van der Waals surface area contributed by atoms with E-state index in [-0.39, 0.29) is 14.9 Å². The second-order valence-electron chi connectivity index (χ2n) is 2.34. The summed E-state index contributed by atoms with van der Waals surface area (Å²) in [5.74, 6) is 0. The molecular formula is C7H7Cl2NO3S. The first kappa shape index (κ1) is 11.7. The molecule has 0 radical (unpaired) electrons. The predicted molar refractivity (Wildman–Crippen MR) is 53.8 cm³/mol. The predicted octanol–water partition coefficient (Wildman–Crippen LogP) is 1.83. The van der Waals surface area contributed by atoms with Crippen molar-refractivity contribution >= 4 is 33.2 Å². The van der Waals surface area contributed by atoms with Gasteiger partial charge in [0, 0.05) is 0 Å². The van der Waals surface area contributed by atoms with Gasteiger partial charge in [0.2, 0.25) is 0 Å². The summed E-state index contributed by atoms with van der Waals surface area (Å²) in [5, 5.41) is 0.143. The summed E-state index contributed by atoms with van der Waals surface area (Å²) >= 11 is 11.4. The second-order valence-corrected chi connectivity index (χ2v) is 4.74. The summed E-state index contributed by atoms with van der Waals surface area (Å²) in [6.45, 7) is 0. The molecule has 0 aliphatic rings. The van der Waals surface area contributed by atoms with Crippen LogP contribution in [0.2, 0.25) is 10.0 Å². The molecule has 0 saturated heterocycles. The summed E-state index contributed by atoms with van der Waals surface area (Å²) in [6.07, 6.45) is 0. The van der Waals surface area contributed by atoms with Crippen molar-refractivity contribution in [2.24, 2.45) is 0 Å². The Balaban J connectivity index is 3.27. The Bertz CT molecular complexity index is 433. The van der Waals surface area contributed by atoms with Gasteiger partial charge in [-0.1, -0.05) is 34.2 Å². The molecule has 0 fully saturated rings. The molecule has 1 rings (SSSR count). The van der Waals surface area contributed by atoms with Crippen LogP contribution in [-0.4, -0.2) is 15.5 Å². The highest BCUT2D eigenvalue weighted by molar-refractivity contribution is 7.89. The van der Waals surface area contributed by atoms with Gasteiger partial charge in [-0.25, -0.2) is 8.42 Å². The van der Waals surface area contributed by atoms with E-state index in [1.54, 1.807) is 0 Å². The van der Waals surface area contributed by atoms with Crippen molar-refractivity contribution in [1.82, 2.24) is 4.89 Å². The lowest BCUT2D eigenvalue weighted by molar-refractivity contribution is 0.153. The molecule has 7 heteroatoms. The van der Waals surface area contributed by atoms with E-state index in [2.05, 4.69) is 4.84 Å². The number of nitrogens with one attached hydrogen (secondary N) is 1. The fourth-order valence-corrected chi connectivity index (χ4v) is 2.42. The number of sulfonamides is 1. The molecule has 14 heavy (non-hydrogen) atoms. The Morgan fingerprint density at radius 2 is 2.00 bits per heavy atom. The summed E-state index contributed by atoms with van der Waals surface area (Å²) in [7, 11) is -2.56. The van der Waals surface area contributed by atoms with E-state index in [0.717, 1.165) is 0 Å². The van der Waals surface area contributed by atoms with Gasteiger partial charge in [0.05, 0.1) is 17.2 Å². The molecule has 0 atom stereocenters. The SMILES string of the molecule is CONS(=O)(=O)c1cccc(Cl)c1Cl. The van der Waals surface area contributed by atoms with Crippen molar-refractivity contribution in [3.8, 4) is 0 Å². The molecule has 0 saturated carbocycles. The van der Waals surface area contributed by atoms with Gasteiger partial charge >= 0.3 is 0 Å². The van der Waals surface area contributed by atoms with Gasteiger partial charge in [0.25, 0.3) is 10.0 Å². The Morgan fingerprint density at radius 3 is 2.57 bits per heavy atom. The Morgan fingerprint density at radius 1 is 1.36 bits per heavy atom. The third-order valence-corrected chi connectivity index (χ3v) is 3.63. The minimum absolute atomic E-state index is 0.0290. The lowest BCUT2D eigenvalue weighted by atomic mass is 10.4. The second kappa shape index (κ2) is 4.46. The van der Waals surface area contributed by atoms with Gasteiger partial charge in [-0.2, -0.15) is 0 Å². The number of benzene rings is 1. The van der Waals surface area contributed by atoms with E-state index in [9.17, 15) is 8.42 Å². The maximum atomic E-state index is 11.4. The first-order valence-corrected chi connectivity index (χ1v) is 5.72. The van der Waals surface area contributed by atoms with Crippen LogP contribution in [0.1, 0.15) is 0 Å². The average molecular weight is 256 g/mol. The molecule has 1 N–H and O–H groups in total. The molecule has 1 aromatic carbocycles. The zero-order valence-electron chi connectivity index (χ0n) is 7.12. The van der Waals surface area contributed by atoms with Crippen molar-refractivity contribution in [1.29, 1.82) is 0 Å². The minimum Gasteiger partial charge on any atom is -0.290 e. The number of halogens is 2. The third kappa shape index (κ3) is 2.37. The van der Waals surface area contributed by atoms with E-state index < -0.39 is 10.0 Å². The van der Waals surface area contributed by atoms with E-state index in [0.29, 0.717) is 0 Å². The third-order valence-electron chi connectivity index (χ3n) is 1.40. The highest BCUT2D eigenvalue weighted by Crippen LogP contribution is 2.28. The van der Waals surface area contributed by atoms with Crippen LogP contribution >= 0.6 is 23.2 Å². The summed E-state index contributed by atoms with van der Waals surface area (Å²) < 4.78 is 22.9. The van der Waals surface area contributed by atoms with E-state index in [1.165, 1.54) is 25.3 Å². The zero-order chi connectivity index (χ0) is 10.8. The molecule has 1 aromatic rings. The first-order chi connectivity index (χ1) is 6.49. The normalized spacial score (nSPS) is 11.6. The molecular weight excluding hydrogens is 249 g/mol. The van der Waals surface area contributed by atoms with Crippen molar-refractivity contribution in [2.75, 3.05) is 7.11 Å². The molecule has 0 spiro atoms. The van der Waals surface area contributed by atoms with E-state index >= 15 is 0 Å². The van der Waals surface area contributed by atoms with Gasteiger partial charge < -0.3 is 0 Å². The van der Waals surface area contributed by atoms with Crippen LogP contribution in [0.3, 0.4) is 0 Å². The quantitative estimate of drug-likeness (QED) is 0.839. The molecule has 0 aliphatic heterocycles. The minimum atomic E-state index is -3.75. The smallest absolute Gasteiger partial charge is 0.263 e. The van der Waals surface area contributed by atoms with Crippen LogP contribution < -0.4 is 4.89 Å². The standard InChI is InChI=1S/C7H7Cl2NO3S/c1-13-10-14(11,12)6-4-2-3-5(8)7(6)9/h2-4,10H,1H3. The van der Waals surface area contributed by atoms with Crippen LogP contribution in [0.5, 0.6) is 0 Å². The lowest BCUT2D eigenvalue weighted by Crippen LogP contribution is -2.22. The fraction of sp³-hybridized carbons (Fsp3) is 0.143. The van der Waals surface area contributed by atoms with Crippen LogP contribution in [0.4, 0.5) is 0 Å². The van der Waals surface area contributed by atoms with Crippen LogP contribution in [0.15, 0.2) is 23.1 Å². The zero-order valence-corrected chi connectivity index (χ0v) is 9.45. The molecule has 4 nitrogen and oxygen atoms in total. The molecule has 0 aliphatic carbocycles. The Kier molecular flexibility index (Phi) is 3.74. The summed E-state index contributed by atoms with van der Waals surface area (Å²) in [5.41, 5.74) is 0. The van der Waals surface area contributed by atoms with Crippen molar-refractivity contribution < 1.29 is 13.3 Å². The topological polar surface area (TPSA) is 55.4 Å². The number of hydrogen-bond donors (Lipinski definition) is 1. The van der Waals surface area contributed by atoms with Gasteiger partial charge in [0.15, 0.2) is 0 Å². The first-order valence-electron chi connectivity index (χ1n) is 3.48. The largest absolute Gasteiger partial charge is 0.290 e. The number of rotatable bonds is 3. The van der Waals surface area contributed by atoms with E-state index in [4.69, 9.17) is 23.2 Å². The molecule has 0 unspecified atom stereocenters. The van der Waals surface area contributed by atoms with Crippen molar-refractivity contribution in [3.63, 3.8) is 0 Å². The average Bonchev–Trinajstić information content (AvgIpc) is 2.09. The van der Waals surface area contributed by atoms with Crippen LogP contribution in [-0.2, 0) is 14.9 Å². The fourth-order valence-electron chi connectivity index (χ4n) is 0.846. The molecule has 0 bridgehead atoms. The van der Waals surface area contributed by atoms with Gasteiger partial charge in [-0.05, 0) is 12.1 Å². The summed E-state index contributed by atoms with van der Waals surface area (Å²) in [4.78, 5) is 6.03. The van der Waals surface area contributed by atoms with Crippen molar-refractivity contribution in [2.45, 2.75) is 4.90 Å². The molecule has 0 heterocycles. The van der Waals surface area contributed by atoms with Crippen LogP contribution in [0, 0.1) is 0 Å². The maximum Gasteiger partial charge on any atom is 0.263 e. The van der Waals surface area contributed by atoms with Gasteiger partial charge in [-0.3, -0.25) is 4.84 Å². The lowest BCUT2D eigenvalue weighted by Gasteiger charge is -2.06. The molecule has 78 valence electrons.